The lowest BCUT2D eigenvalue weighted by Gasteiger charge is -2.45. The fourth-order valence-corrected chi connectivity index (χ4v) is 7.04. The van der Waals surface area contributed by atoms with Gasteiger partial charge in [-0.3, -0.25) is 9.59 Å². The minimum atomic E-state index is -0.460. The fraction of sp³-hybridized carbons (Fsp3) is 0.152. The van der Waals surface area contributed by atoms with Crippen LogP contribution in [0.15, 0.2) is 101 Å². The molecule has 0 saturated carbocycles. The Morgan fingerprint density at radius 1 is 0.825 bits per heavy atom. The van der Waals surface area contributed by atoms with Crippen molar-refractivity contribution in [3.63, 3.8) is 0 Å². The summed E-state index contributed by atoms with van der Waals surface area (Å²) in [6.45, 7) is 0.252. The molecule has 194 valence electrons. The van der Waals surface area contributed by atoms with Gasteiger partial charge in [0.25, 0.3) is 11.8 Å². The van der Waals surface area contributed by atoms with Crippen LogP contribution in [-0.2, 0) is 16.2 Å². The molecule has 0 unspecified atom stereocenters. The molecule has 3 aliphatic carbocycles. The van der Waals surface area contributed by atoms with E-state index in [4.69, 9.17) is 4.74 Å². The molecule has 8 rings (SSSR count). The first-order valence-corrected chi connectivity index (χ1v) is 13.9. The largest absolute Gasteiger partial charge is 0.488 e. The summed E-state index contributed by atoms with van der Waals surface area (Å²) in [6, 6.07) is 31.3. The van der Waals surface area contributed by atoms with Crippen LogP contribution in [-0.4, -0.2) is 23.0 Å². The highest BCUT2D eigenvalue weighted by Crippen LogP contribution is 2.60. The first-order chi connectivity index (χ1) is 19.6. The lowest BCUT2D eigenvalue weighted by atomic mass is 9.55. The van der Waals surface area contributed by atoms with E-state index >= 15 is 0 Å². The van der Waals surface area contributed by atoms with Gasteiger partial charge in [-0.1, -0.05) is 66.7 Å². The Morgan fingerprint density at radius 3 is 1.93 bits per heavy atom. The number of ether oxygens (including phenoxy) is 1. The highest BCUT2D eigenvalue weighted by atomic mass is 79.9. The van der Waals surface area contributed by atoms with Crippen LogP contribution in [0.25, 0.3) is 0 Å². The van der Waals surface area contributed by atoms with Crippen LogP contribution in [0.3, 0.4) is 0 Å². The number of halogens is 1. The van der Waals surface area contributed by atoms with Crippen molar-refractivity contribution in [2.75, 3.05) is 0 Å². The molecule has 40 heavy (non-hydrogen) atoms. The summed E-state index contributed by atoms with van der Waals surface area (Å²) >= 11 is 3.54. The number of nitriles is 1. The quantitative estimate of drug-likeness (QED) is 0.208. The maximum atomic E-state index is 13.7. The summed E-state index contributed by atoms with van der Waals surface area (Å²) in [4.78, 5) is 27.4. The zero-order valence-corrected chi connectivity index (χ0v) is 22.8. The second-order valence-corrected chi connectivity index (χ2v) is 11.1. The Kier molecular flexibility index (Phi) is 5.87. The van der Waals surface area contributed by atoms with E-state index in [1.54, 1.807) is 12.1 Å². The van der Waals surface area contributed by atoms with Crippen LogP contribution in [0.1, 0.15) is 50.8 Å². The van der Waals surface area contributed by atoms with Crippen LogP contribution < -0.4 is 4.74 Å². The van der Waals surface area contributed by atoms with Crippen molar-refractivity contribution in [3.8, 4) is 11.8 Å². The Hall–Kier alpha value is -4.54. The van der Waals surface area contributed by atoms with Crippen LogP contribution in [0.5, 0.6) is 5.75 Å². The molecule has 1 fully saturated rings. The van der Waals surface area contributed by atoms with E-state index in [9.17, 15) is 14.9 Å². The number of carbonyl (C=O) groups excluding carboxylic acids is 2. The van der Waals surface area contributed by atoms with E-state index in [0.717, 1.165) is 32.8 Å². The molecule has 2 atom stereocenters. The molecule has 1 saturated heterocycles. The smallest absolute Gasteiger partial charge is 0.254 e. The van der Waals surface area contributed by atoms with Gasteiger partial charge in [0.1, 0.15) is 12.4 Å². The van der Waals surface area contributed by atoms with E-state index in [0.29, 0.717) is 21.3 Å². The predicted molar refractivity (Wildman–Crippen MR) is 153 cm³/mol. The van der Waals surface area contributed by atoms with Crippen molar-refractivity contribution in [2.24, 2.45) is 16.9 Å². The minimum absolute atomic E-state index is 0.157. The Morgan fingerprint density at radius 2 is 1.38 bits per heavy atom. The topological polar surface area (TPSA) is 82.8 Å². The van der Waals surface area contributed by atoms with Gasteiger partial charge in [0.2, 0.25) is 0 Å². The number of hydrogen-bond acceptors (Lipinski definition) is 5. The average molecular weight is 588 g/mol. The van der Waals surface area contributed by atoms with Crippen molar-refractivity contribution in [2.45, 2.75) is 18.4 Å². The Balaban J connectivity index is 1.14. The second kappa shape index (κ2) is 9.58. The third-order valence-electron chi connectivity index (χ3n) is 8.22. The molecule has 0 spiro atoms. The zero-order valence-electron chi connectivity index (χ0n) is 21.2. The van der Waals surface area contributed by atoms with E-state index < -0.39 is 11.8 Å². The number of rotatable bonds is 5. The van der Waals surface area contributed by atoms with E-state index in [2.05, 4.69) is 51.4 Å². The van der Waals surface area contributed by atoms with Crippen molar-refractivity contribution in [1.29, 1.82) is 5.26 Å². The third-order valence-corrected chi connectivity index (χ3v) is 8.84. The Bertz CT molecular complexity index is 1660. The summed E-state index contributed by atoms with van der Waals surface area (Å²) in [6.07, 6.45) is 1.54. The second-order valence-electron chi connectivity index (χ2n) is 10.2. The van der Waals surface area contributed by atoms with Crippen LogP contribution in [0.4, 0.5) is 0 Å². The van der Waals surface area contributed by atoms with Gasteiger partial charge in [-0.2, -0.15) is 15.4 Å². The molecule has 4 aromatic rings. The molecular weight excluding hydrogens is 566 g/mol. The van der Waals surface area contributed by atoms with Gasteiger partial charge in [0.05, 0.1) is 34.2 Å². The number of imide groups is 1. The molecule has 1 heterocycles. The van der Waals surface area contributed by atoms with Crippen LogP contribution in [0.2, 0.25) is 0 Å². The molecule has 4 aliphatic rings. The first-order valence-electron chi connectivity index (χ1n) is 13.1. The van der Waals surface area contributed by atoms with E-state index in [-0.39, 0.29) is 30.3 Å². The zero-order chi connectivity index (χ0) is 27.4. The lowest BCUT2D eigenvalue weighted by molar-refractivity contribution is -0.139. The normalized spacial score (nSPS) is 22.1. The predicted octanol–water partition coefficient (Wildman–Crippen LogP) is 6.13. The lowest BCUT2D eigenvalue weighted by Crippen LogP contribution is -2.41. The number of amides is 2. The molecule has 2 amide bonds. The highest BCUT2D eigenvalue weighted by Gasteiger charge is 2.61. The first kappa shape index (κ1) is 24.5. The fourth-order valence-electron chi connectivity index (χ4n) is 6.52. The molecule has 4 aromatic carbocycles. The summed E-state index contributed by atoms with van der Waals surface area (Å²) in [5, 5.41) is 14.8. The van der Waals surface area contributed by atoms with Gasteiger partial charge < -0.3 is 4.74 Å². The highest BCUT2D eigenvalue weighted by molar-refractivity contribution is 9.10. The van der Waals surface area contributed by atoms with Gasteiger partial charge in [-0.05, 0) is 68.0 Å². The molecule has 0 aromatic heterocycles. The molecular formula is C33H22BrN3O3. The summed E-state index contributed by atoms with van der Waals surface area (Å²) < 4.78 is 6.62. The molecule has 1 aliphatic heterocycles. The monoisotopic (exact) mass is 587 g/mol. The number of nitrogens with zero attached hydrogens (tertiary/aromatic N) is 3. The standard InChI is InChI=1S/C33H22BrN3O3/c34-26-15-19(13-14-27(26)40-18-21-8-2-1-7-20(21)16-35)17-36-37-32(38)30-28-22-9-3-4-10-23(22)29(31(30)33(37)39)25-12-6-5-11-24(25)28/h1-15,17,28-31H,18H2/b36-17-/t28?,29?,30-,31-/m0/s1. The maximum Gasteiger partial charge on any atom is 0.254 e. The SMILES string of the molecule is N#Cc1ccccc1COc1ccc(/C=N\N2C(=O)[C@H]3C4c5ccccc5C(c5ccccc54)[C@@H]3C2=O)cc1Br. The molecule has 2 bridgehead atoms. The number of benzene rings is 4. The maximum absolute atomic E-state index is 13.7. The van der Waals surface area contributed by atoms with Gasteiger partial charge in [0.15, 0.2) is 0 Å². The van der Waals surface area contributed by atoms with E-state index in [1.165, 1.54) is 6.21 Å². The van der Waals surface area contributed by atoms with Crippen LogP contribution in [0, 0.1) is 23.2 Å². The van der Waals surface area contributed by atoms with Crippen LogP contribution >= 0.6 is 15.9 Å². The van der Waals surface area contributed by atoms with Crippen molar-refractivity contribution >= 4 is 34.0 Å². The van der Waals surface area contributed by atoms with E-state index in [1.807, 2.05) is 54.6 Å². The number of hydrogen-bond donors (Lipinski definition) is 0. The minimum Gasteiger partial charge on any atom is -0.488 e. The van der Waals surface area contributed by atoms with Crippen molar-refractivity contribution in [1.82, 2.24) is 5.01 Å². The van der Waals surface area contributed by atoms with Gasteiger partial charge >= 0.3 is 0 Å². The third kappa shape index (κ3) is 3.71. The molecule has 0 N–H and O–H groups in total. The molecule has 7 heteroatoms. The summed E-state index contributed by atoms with van der Waals surface area (Å²) in [5.74, 6) is -1.12. The van der Waals surface area contributed by atoms with Gasteiger partial charge in [-0.25, -0.2) is 0 Å². The molecule has 0 radical (unpaired) electrons. The molecule has 6 nitrogen and oxygen atoms in total. The van der Waals surface area contributed by atoms with Gasteiger partial charge in [-0.15, -0.1) is 0 Å². The summed E-state index contributed by atoms with van der Waals surface area (Å²) in [5.41, 5.74) is 6.62. The van der Waals surface area contributed by atoms with Crippen molar-refractivity contribution in [3.05, 3.63) is 134 Å². The summed E-state index contributed by atoms with van der Waals surface area (Å²) in [7, 11) is 0. The van der Waals surface area contributed by atoms with Crippen molar-refractivity contribution < 1.29 is 14.3 Å². The average Bonchev–Trinajstić information content (AvgIpc) is 3.25. The number of carbonyl (C=O) groups is 2. The number of hydrazone groups is 1. The van der Waals surface area contributed by atoms with Gasteiger partial charge in [0, 0.05) is 17.4 Å². The Labute approximate surface area is 239 Å².